The Balaban J connectivity index is 4.03. The number of aliphatic hydroxyl groups is 1. The van der Waals surface area contributed by atoms with Crippen molar-refractivity contribution in [3.05, 3.63) is 0 Å². The summed E-state index contributed by atoms with van der Waals surface area (Å²) in [5, 5.41) is 12.3. The molecule has 0 rings (SSSR count). The quantitative estimate of drug-likeness (QED) is 0.730. The van der Waals surface area contributed by atoms with E-state index in [1.165, 1.54) is 0 Å². The van der Waals surface area contributed by atoms with Crippen molar-refractivity contribution < 1.29 is 9.90 Å². The Kier molecular flexibility index (Phi) is 7.48. The van der Waals surface area contributed by atoms with E-state index in [0.29, 0.717) is 19.6 Å². The molecule has 4 nitrogen and oxygen atoms in total. The van der Waals surface area contributed by atoms with Crippen LogP contribution in [-0.4, -0.2) is 47.7 Å². The molecule has 0 aliphatic heterocycles. The van der Waals surface area contributed by atoms with Crippen molar-refractivity contribution in [3.8, 4) is 0 Å². The second-order valence-electron chi connectivity index (χ2n) is 6.53. The van der Waals surface area contributed by atoms with Crippen LogP contribution < -0.4 is 5.32 Å². The molecule has 0 aliphatic carbocycles. The average Bonchev–Trinajstić information content (AvgIpc) is 2.13. The van der Waals surface area contributed by atoms with Gasteiger partial charge in [-0.1, -0.05) is 20.8 Å². The Morgan fingerprint density at radius 1 is 1.28 bits per heavy atom. The first kappa shape index (κ1) is 17.4. The van der Waals surface area contributed by atoms with E-state index in [1.54, 1.807) is 6.92 Å². The predicted octanol–water partition coefficient (Wildman–Crippen LogP) is 1.63. The van der Waals surface area contributed by atoms with Crippen molar-refractivity contribution in [2.24, 2.45) is 5.41 Å². The maximum absolute atomic E-state index is 11.8. The number of nitrogens with one attached hydrogen (secondary N) is 1. The van der Waals surface area contributed by atoms with Crippen molar-refractivity contribution in [3.63, 3.8) is 0 Å². The maximum Gasteiger partial charge on any atom is 0.234 e. The summed E-state index contributed by atoms with van der Waals surface area (Å²) < 4.78 is 0. The summed E-state index contributed by atoms with van der Waals surface area (Å²) >= 11 is 0. The lowest BCUT2D eigenvalue weighted by molar-refractivity contribution is -0.123. The number of hydrogen-bond acceptors (Lipinski definition) is 3. The van der Waals surface area contributed by atoms with E-state index in [9.17, 15) is 9.90 Å². The Morgan fingerprint density at radius 2 is 1.83 bits per heavy atom. The molecule has 0 aromatic carbocycles. The van der Waals surface area contributed by atoms with Crippen LogP contribution >= 0.6 is 0 Å². The number of amides is 1. The van der Waals surface area contributed by atoms with E-state index in [-0.39, 0.29) is 17.4 Å². The van der Waals surface area contributed by atoms with Gasteiger partial charge in [0.2, 0.25) is 5.91 Å². The van der Waals surface area contributed by atoms with Crippen molar-refractivity contribution in [2.45, 2.75) is 60.1 Å². The minimum Gasteiger partial charge on any atom is -0.392 e. The maximum atomic E-state index is 11.8. The summed E-state index contributed by atoms with van der Waals surface area (Å²) in [5.74, 6) is 0.0357. The first-order valence-electron chi connectivity index (χ1n) is 6.80. The van der Waals surface area contributed by atoms with Gasteiger partial charge in [0.15, 0.2) is 0 Å². The van der Waals surface area contributed by atoms with Gasteiger partial charge >= 0.3 is 0 Å². The van der Waals surface area contributed by atoms with Crippen LogP contribution in [0.15, 0.2) is 0 Å². The second kappa shape index (κ2) is 7.74. The number of hydrogen-bond donors (Lipinski definition) is 2. The molecule has 0 fully saturated rings. The highest BCUT2D eigenvalue weighted by Gasteiger charge is 2.16. The molecule has 0 aliphatic rings. The van der Waals surface area contributed by atoms with E-state index < -0.39 is 6.10 Å². The molecular formula is C14H30N2O2. The molecule has 0 aromatic heterocycles. The van der Waals surface area contributed by atoms with Gasteiger partial charge in [0.05, 0.1) is 12.6 Å². The fourth-order valence-electron chi connectivity index (χ4n) is 1.61. The predicted molar refractivity (Wildman–Crippen MR) is 75.5 cm³/mol. The summed E-state index contributed by atoms with van der Waals surface area (Å²) in [4.78, 5) is 13.8. The van der Waals surface area contributed by atoms with Crippen molar-refractivity contribution in [2.75, 3.05) is 19.6 Å². The molecule has 18 heavy (non-hydrogen) atoms. The number of nitrogens with zero attached hydrogens (tertiary/aromatic N) is 1. The van der Waals surface area contributed by atoms with Crippen LogP contribution in [0.1, 0.15) is 48.0 Å². The standard InChI is InChI=1S/C14H30N2O2/c1-11(2)16(9-12(3)17)10-13(18)15-8-7-14(4,5)6/h11-12,17H,7-10H2,1-6H3,(H,15,18). The van der Waals surface area contributed by atoms with E-state index in [0.717, 1.165) is 6.42 Å². The summed E-state index contributed by atoms with van der Waals surface area (Å²) in [7, 11) is 0. The lowest BCUT2D eigenvalue weighted by Gasteiger charge is -2.27. The molecule has 1 amide bonds. The van der Waals surface area contributed by atoms with Gasteiger partial charge in [0, 0.05) is 19.1 Å². The Labute approximate surface area is 112 Å². The molecular weight excluding hydrogens is 228 g/mol. The third kappa shape index (κ3) is 9.42. The highest BCUT2D eigenvalue weighted by atomic mass is 16.3. The van der Waals surface area contributed by atoms with Crippen LogP contribution in [0.3, 0.4) is 0 Å². The van der Waals surface area contributed by atoms with Gasteiger partial charge in [0.1, 0.15) is 0 Å². The van der Waals surface area contributed by atoms with E-state index in [2.05, 4.69) is 26.1 Å². The third-order valence-corrected chi connectivity index (χ3v) is 2.77. The second-order valence-corrected chi connectivity index (χ2v) is 6.53. The van der Waals surface area contributed by atoms with Gasteiger partial charge in [-0.3, -0.25) is 9.69 Å². The molecule has 108 valence electrons. The molecule has 2 N–H and O–H groups in total. The van der Waals surface area contributed by atoms with Gasteiger partial charge in [-0.25, -0.2) is 0 Å². The number of carbonyl (C=O) groups excluding carboxylic acids is 1. The van der Waals surface area contributed by atoms with Gasteiger partial charge in [-0.2, -0.15) is 0 Å². The van der Waals surface area contributed by atoms with Gasteiger partial charge in [0.25, 0.3) is 0 Å². The van der Waals surface area contributed by atoms with Crippen LogP contribution in [0.4, 0.5) is 0 Å². The van der Waals surface area contributed by atoms with E-state index >= 15 is 0 Å². The third-order valence-electron chi connectivity index (χ3n) is 2.77. The molecule has 0 bridgehead atoms. The lowest BCUT2D eigenvalue weighted by Crippen LogP contribution is -2.44. The lowest BCUT2D eigenvalue weighted by atomic mass is 9.92. The Morgan fingerprint density at radius 3 is 2.22 bits per heavy atom. The van der Waals surface area contributed by atoms with Gasteiger partial charge < -0.3 is 10.4 Å². The molecule has 0 aromatic rings. The highest BCUT2D eigenvalue weighted by Crippen LogP contribution is 2.16. The normalized spacial score (nSPS) is 14.1. The zero-order chi connectivity index (χ0) is 14.3. The SMILES string of the molecule is CC(O)CN(CC(=O)NCCC(C)(C)C)C(C)C. The van der Waals surface area contributed by atoms with Gasteiger partial charge in [-0.05, 0) is 32.6 Å². The topological polar surface area (TPSA) is 52.6 Å². The molecule has 0 heterocycles. The van der Waals surface area contributed by atoms with E-state index in [1.807, 2.05) is 18.7 Å². The highest BCUT2D eigenvalue weighted by molar-refractivity contribution is 5.78. The van der Waals surface area contributed by atoms with Gasteiger partial charge in [-0.15, -0.1) is 0 Å². The molecule has 1 atom stereocenters. The summed E-state index contributed by atoms with van der Waals surface area (Å²) in [6.07, 6.45) is 0.561. The average molecular weight is 258 g/mol. The number of aliphatic hydroxyl groups excluding tert-OH is 1. The van der Waals surface area contributed by atoms with Crippen LogP contribution in [0, 0.1) is 5.41 Å². The Hall–Kier alpha value is -0.610. The first-order valence-corrected chi connectivity index (χ1v) is 6.80. The fraction of sp³-hybridized carbons (Fsp3) is 0.929. The minimum absolute atomic E-state index is 0.0357. The van der Waals surface area contributed by atoms with Crippen LogP contribution in [0.5, 0.6) is 0 Å². The smallest absolute Gasteiger partial charge is 0.234 e. The van der Waals surface area contributed by atoms with Crippen LogP contribution in [-0.2, 0) is 4.79 Å². The number of rotatable bonds is 7. The zero-order valence-corrected chi connectivity index (χ0v) is 12.8. The molecule has 0 radical (unpaired) electrons. The fourth-order valence-corrected chi connectivity index (χ4v) is 1.61. The number of carbonyl (C=O) groups is 1. The molecule has 4 heteroatoms. The van der Waals surface area contributed by atoms with E-state index in [4.69, 9.17) is 0 Å². The van der Waals surface area contributed by atoms with Crippen molar-refractivity contribution >= 4 is 5.91 Å². The van der Waals surface area contributed by atoms with Crippen LogP contribution in [0.25, 0.3) is 0 Å². The summed E-state index contributed by atoms with van der Waals surface area (Å²) in [5.41, 5.74) is 0.241. The Bertz CT molecular complexity index is 245. The monoisotopic (exact) mass is 258 g/mol. The molecule has 0 spiro atoms. The minimum atomic E-state index is -0.408. The molecule has 1 unspecified atom stereocenters. The first-order chi connectivity index (χ1) is 8.11. The molecule has 0 saturated carbocycles. The van der Waals surface area contributed by atoms with Crippen LogP contribution in [0.2, 0.25) is 0 Å². The zero-order valence-electron chi connectivity index (χ0n) is 12.8. The largest absolute Gasteiger partial charge is 0.392 e. The summed E-state index contributed by atoms with van der Waals surface area (Å²) in [6, 6.07) is 0.257. The van der Waals surface area contributed by atoms with Crippen molar-refractivity contribution in [1.29, 1.82) is 0 Å². The van der Waals surface area contributed by atoms with Crippen molar-refractivity contribution in [1.82, 2.24) is 10.2 Å². The molecule has 0 saturated heterocycles. The summed E-state index contributed by atoms with van der Waals surface area (Å²) in [6.45, 7) is 13.9.